The van der Waals surface area contributed by atoms with E-state index >= 15 is 0 Å². The van der Waals surface area contributed by atoms with Crippen LogP contribution in [0.2, 0.25) is 5.02 Å². The SMILES string of the molecule is C=CCCC.Cc1ccc(CC(OC(C)C)C(=O)O)cc1CNC(=O)c1ccc(OC(C)C)cc1Cl. The van der Waals surface area contributed by atoms with Crippen LogP contribution in [-0.4, -0.2) is 35.3 Å². The first kappa shape index (κ1) is 31.2. The maximum absolute atomic E-state index is 12.6. The topological polar surface area (TPSA) is 84.9 Å². The van der Waals surface area contributed by atoms with Crippen molar-refractivity contribution in [2.24, 2.45) is 0 Å². The lowest BCUT2D eigenvalue weighted by Gasteiger charge is -2.17. The summed E-state index contributed by atoms with van der Waals surface area (Å²) >= 11 is 6.26. The van der Waals surface area contributed by atoms with Crippen molar-refractivity contribution in [3.05, 3.63) is 76.3 Å². The van der Waals surface area contributed by atoms with Crippen molar-refractivity contribution in [3.63, 3.8) is 0 Å². The number of nitrogens with one attached hydrogen (secondary N) is 1. The predicted octanol–water partition coefficient (Wildman–Crippen LogP) is 6.76. The largest absolute Gasteiger partial charge is 0.491 e. The van der Waals surface area contributed by atoms with Crippen LogP contribution >= 0.6 is 11.6 Å². The van der Waals surface area contributed by atoms with E-state index in [9.17, 15) is 14.7 Å². The van der Waals surface area contributed by atoms with E-state index in [0.29, 0.717) is 22.9 Å². The van der Waals surface area contributed by atoms with Crippen LogP contribution in [0.15, 0.2) is 49.1 Å². The van der Waals surface area contributed by atoms with E-state index in [1.807, 2.05) is 45.0 Å². The molecular formula is C29H40ClNO5. The number of halogens is 1. The zero-order chi connectivity index (χ0) is 27.3. The maximum Gasteiger partial charge on any atom is 0.333 e. The number of hydrogen-bond donors (Lipinski definition) is 2. The number of amides is 1. The minimum atomic E-state index is -0.997. The fourth-order valence-corrected chi connectivity index (χ4v) is 3.54. The van der Waals surface area contributed by atoms with Gasteiger partial charge in [0.05, 0.1) is 22.8 Å². The Labute approximate surface area is 220 Å². The minimum Gasteiger partial charge on any atom is -0.491 e. The highest BCUT2D eigenvalue weighted by atomic mass is 35.5. The van der Waals surface area contributed by atoms with Crippen molar-refractivity contribution in [2.75, 3.05) is 0 Å². The van der Waals surface area contributed by atoms with E-state index < -0.39 is 12.1 Å². The molecule has 0 radical (unpaired) electrons. The van der Waals surface area contributed by atoms with Gasteiger partial charge in [-0.1, -0.05) is 49.2 Å². The summed E-state index contributed by atoms with van der Waals surface area (Å²) in [6.45, 7) is 15.4. The van der Waals surface area contributed by atoms with Gasteiger partial charge in [-0.15, -0.1) is 6.58 Å². The first-order valence-electron chi connectivity index (χ1n) is 12.3. The van der Waals surface area contributed by atoms with Crippen molar-refractivity contribution in [1.29, 1.82) is 0 Å². The summed E-state index contributed by atoms with van der Waals surface area (Å²) in [6.07, 6.45) is 3.46. The van der Waals surface area contributed by atoms with Gasteiger partial charge in [0.1, 0.15) is 5.75 Å². The molecule has 2 rings (SSSR count). The Morgan fingerprint density at radius 3 is 2.31 bits per heavy atom. The average molecular weight is 518 g/mol. The molecule has 2 aromatic carbocycles. The van der Waals surface area contributed by atoms with Crippen LogP contribution in [0.4, 0.5) is 0 Å². The van der Waals surface area contributed by atoms with Gasteiger partial charge < -0.3 is 19.9 Å². The third-order valence-corrected chi connectivity index (χ3v) is 5.35. The second-order valence-corrected chi connectivity index (χ2v) is 9.45. The second-order valence-electron chi connectivity index (χ2n) is 9.04. The second kappa shape index (κ2) is 16.0. The first-order valence-corrected chi connectivity index (χ1v) is 12.7. The number of carboxylic acids is 1. The number of ether oxygens (including phenoxy) is 2. The van der Waals surface area contributed by atoms with Gasteiger partial charge in [-0.2, -0.15) is 0 Å². The fraction of sp³-hybridized carbons (Fsp3) is 0.448. The van der Waals surface area contributed by atoms with Gasteiger partial charge in [-0.3, -0.25) is 4.79 Å². The van der Waals surface area contributed by atoms with E-state index in [1.54, 1.807) is 32.0 Å². The Hall–Kier alpha value is -2.83. The Morgan fingerprint density at radius 2 is 1.81 bits per heavy atom. The van der Waals surface area contributed by atoms with Crippen LogP contribution < -0.4 is 10.1 Å². The third kappa shape index (κ3) is 11.3. The molecular weight excluding hydrogens is 478 g/mol. The molecule has 1 atom stereocenters. The van der Waals surface area contributed by atoms with Crippen LogP contribution in [0.3, 0.4) is 0 Å². The summed E-state index contributed by atoms with van der Waals surface area (Å²) in [5, 5.41) is 12.6. The quantitative estimate of drug-likeness (QED) is 0.304. The van der Waals surface area contributed by atoms with Gasteiger partial charge >= 0.3 is 5.97 Å². The standard InChI is InChI=1S/C24H30ClNO5.C5H10/c1-14(2)30-19-8-9-20(21(25)12-19)23(27)26-13-18-10-17(7-6-16(18)5)11-22(24(28)29)31-15(3)4;1-3-5-4-2/h6-10,12,14-15,22H,11,13H2,1-5H3,(H,26,27)(H,28,29);3H,1,4-5H2,2H3. The van der Waals surface area contributed by atoms with Crippen LogP contribution in [0.1, 0.15) is 74.5 Å². The molecule has 1 amide bonds. The van der Waals surface area contributed by atoms with Gasteiger partial charge in [-0.25, -0.2) is 4.79 Å². The number of carbonyl (C=O) groups excluding carboxylic acids is 1. The number of carbonyl (C=O) groups is 2. The normalized spacial score (nSPS) is 11.5. The number of hydrogen-bond acceptors (Lipinski definition) is 4. The third-order valence-electron chi connectivity index (χ3n) is 5.04. The van der Waals surface area contributed by atoms with Crippen LogP contribution in [0, 0.1) is 6.92 Å². The Kier molecular flexibility index (Phi) is 13.9. The van der Waals surface area contributed by atoms with Crippen molar-refractivity contribution in [2.45, 2.75) is 85.7 Å². The molecule has 7 heteroatoms. The average Bonchev–Trinajstić information content (AvgIpc) is 2.79. The van der Waals surface area contributed by atoms with Crippen molar-refractivity contribution >= 4 is 23.5 Å². The molecule has 36 heavy (non-hydrogen) atoms. The van der Waals surface area contributed by atoms with Crippen LogP contribution in [0.25, 0.3) is 0 Å². The smallest absolute Gasteiger partial charge is 0.333 e. The van der Waals surface area contributed by atoms with Gasteiger partial charge in [0, 0.05) is 13.0 Å². The Bertz CT molecular complexity index is 1000. The molecule has 0 heterocycles. The summed E-state index contributed by atoms with van der Waals surface area (Å²) in [5.41, 5.74) is 3.09. The van der Waals surface area contributed by atoms with Crippen molar-refractivity contribution < 1.29 is 24.2 Å². The summed E-state index contributed by atoms with van der Waals surface area (Å²) < 4.78 is 11.1. The molecule has 0 saturated carbocycles. The molecule has 0 bridgehead atoms. The number of benzene rings is 2. The molecule has 1 unspecified atom stereocenters. The monoisotopic (exact) mass is 517 g/mol. The highest BCUT2D eigenvalue weighted by molar-refractivity contribution is 6.34. The number of aliphatic carboxylic acids is 1. The number of rotatable bonds is 12. The van der Waals surface area contributed by atoms with E-state index in [1.165, 1.54) is 6.42 Å². The molecule has 2 N–H and O–H groups in total. The Balaban J connectivity index is 0.00000118. The molecule has 0 spiro atoms. The summed E-state index contributed by atoms with van der Waals surface area (Å²) in [5.74, 6) is -0.683. The van der Waals surface area contributed by atoms with E-state index in [-0.39, 0.29) is 24.5 Å². The highest BCUT2D eigenvalue weighted by Crippen LogP contribution is 2.24. The summed E-state index contributed by atoms with van der Waals surface area (Å²) in [6, 6.07) is 10.7. The maximum atomic E-state index is 12.6. The van der Waals surface area contributed by atoms with Gasteiger partial charge in [0.2, 0.25) is 0 Å². The minimum absolute atomic E-state index is 0.0117. The van der Waals surface area contributed by atoms with Gasteiger partial charge in [-0.05, 0) is 75.9 Å². The van der Waals surface area contributed by atoms with Gasteiger partial charge in [0.25, 0.3) is 5.91 Å². The number of aryl methyl sites for hydroxylation is 1. The molecule has 2 aromatic rings. The summed E-state index contributed by atoms with van der Waals surface area (Å²) in [7, 11) is 0. The molecule has 0 saturated heterocycles. The molecule has 198 valence electrons. The number of unbranched alkanes of at least 4 members (excludes halogenated alkanes) is 1. The fourth-order valence-electron chi connectivity index (χ4n) is 3.28. The van der Waals surface area contributed by atoms with Gasteiger partial charge in [0.15, 0.2) is 6.10 Å². The summed E-state index contributed by atoms with van der Waals surface area (Å²) in [4.78, 5) is 24.1. The van der Waals surface area contributed by atoms with Crippen LogP contribution in [0.5, 0.6) is 5.75 Å². The molecule has 0 aromatic heterocycles. The zero-order valence-corrected chi connectivity index (χ0v) is 23.0. The van der Waals surface area contributed by atoms with Crippen molar-refractivity contribution in [3.8, 4) is 5.75 Å². The van der Waals surface area contributed by atoms with E-state index in [4.69, 9.17) is 21.1 Å². The molecule has 0 aliphatic heterocycles. The number of carboxylic acid groups (broad SMARTS) is 1. The zero-order valence-electron chi connectivity index (χ0n) is 22.3. The molecule has 0 fully saturated rings. The van der Waals surface area contributed by atoms with E-state index in [2.05, 4.69) is 18.8 Å². The lowest BCUT2D eigenvalue weighted by Crippen LogP contribution is -2.29. The van der Waals surface area contributed by atoms with Crippen LogP contribution in [-0.2, 0) is 22.5 Å². The van der Waals surface area contributed by atoms with Crippen molar-refractivity contribution in [1.82, 2.24) is 5.32 Å². The van der Waals surface area contributed by atoms with E-state index in [0.717, 1.165) is 23.1 Å². The Morgan fingerprint density at radius 1 is 1.11 bits per heavy atom. The predicted molar refractivity (Wildman–Crippen MR) is 146 cm³/mol. The lowest BCUT2D eigenvalue weighted by atomic mass is 10.0. The first-order chi connectivity index (χ1) is 17.0. The highest BCUT2D eigenvalue weighted by Gasteiger charge is 2.20. The molecule has 6 nitrogen and oxygen atoms in total. The molecule has 0 aliphatic rings. The lowest BCUT2D eigenvalue weighted by molar-refractivity contribution is -0.153. The number of allylic oxidation sites excluding steroid dienone is 1. The molecule has 0 aliphatic carbocycles.